The highest BCUT2D eigenvalue weighted by Crippen LogP contribution is 2.67. The highest BCUT2D eigenvalue weighted by molar-refractivity contribution is 5.28. The predicted molar refractivity (Wildman–Crippen MR) is 125 cm³/mol. The van der Waals surface area contributed by atoms with E-state index in [9.17, 15) is 10.2 Å². The van der Waals surface area contributed by atoms with Crippen molar-refractivity contribution in [1.29, 1.82) is 0 Å². The van der Waals surface area contributed by atoms with Crippen molar-refractivity contribution in [2.24, 2.45) is 46.3 Å². The number of aliphatic hydroxyl groups excluding tert-OH is 2. The molecule has 0 amide bonds. The maximum Gasteiger partial charge on any atom is 0.0757 e. The minimum absolute atomic E-state index is 0.198. The van der Waals surface area contributed by atoms with Crippen molar-refractivity contribution in [2.75, 3.05) is 0 Å². The SMILES string of the molecule is C=C(CC[C@@H](C)[C@H]1CC[C@H]2[C@@H]3C(O)C=C4CC(O)CC[C@]4(C)[C@H]3CC[C@]12C)C(C)C. The monoisotopic (exact) mass is 414 g/mol. The maximum atomic E-state index is 11.3. The Balaban J connectivity index is 1.54. The smallest absolute Gasteiger partial charge is 0.0757 e. The van der Waals surface area contributed by atoms with E-state index in [1.807, 2.05) is 0 Å². The average molecular weight is 415 g/mol. The van der Waals surface area contributed by atoms with E-state index in [1.165, 1.54) is 43.3 Å². The maximum absolute atomic E-state index is 11.3. The van der Waals surface area contributed by atoms with Crippen molar-refractivity contribution in [3.63, 3.8) is 0 Å². The van der Waals surface area contributed by atoms with E-state index in [0.717, 1.165) is 37.5 Å². The van der Waals surface area contributed by atoms with Crippen LogP contribution in [0, 0.1) is 46.3 Å². The molecule has 0 spiro atoms. The molecule has 4 aliphatic rings. The van der Waals surface area contributed by atoms with Crippen LogP contribution in [0.25, 0.3) is 0 Å². The van der Waals surface area contributed by atoms with E-state index in [4.69, 9.17) is 0 Å². The summed E-state index contributed by atoms with van der Waals surface area (Å²) in [6.45, 7) is 16.3. The normalized spacial score (nSPS) is 46.6. The summed E-state index contributed by atoms with van der Waals surface area (Å²) in [5.74, 6) is 3.76. The van der Waals surface area contributed by atoms with Gasteiger partial charge in [0, 0.05) is 0 Å². The van der Waals surface area contributed by atoms with E-state index in [0.29, 0.717) is 29.1 Å². The van der Waals surface area contributed by atoms with Gasteiger partial charge in [0.15, 0.2) is 0 Å². The lowest BCUT2D eigenvalue weighted by Gasteiger charge is -2.59. The zero-order valence-corrected chi connectivity index (χ0v) is 20.2. The molecule has 0 aromatic rings. The topological polar surface area (TPSA) is 40.5 Å². The van der Waals surface area contributed by atoms with Gasteiger partial charge in [-0.15, -0.1) is 0 Å². The lowest BCUT2D eigenvalue weighted by Crippen LogP contribution is -2.54. The van der Waals surface area contributed by atoms with Crippen LogP contribution in [0.2, 0.25) is 0 Å². The molecule has 9 atom stereocenters. The number of fused-ring (bicyclic) bond motifs is 5. The van der Waals surface area contributed by atoms with E-state index in [-0.39, 0.29) is 17.6 Å². The van der Waals surface area contributed by atoms with Crippen molar-refractivity contribution in [1.82, 2.24) is 0 Å². The van der Waals surface area contributed by atoms with E-state index < -0.39 is 0 Å². The molecule has 2 N–H and O–H groups in total. The summed E-state index contributed by atoms with van der Waals surface area (Å²) >= 11 is 0. The predicted octanol–water partition coefficient (Wildman–Crippen LogP) is 6.53. The highest BCUT2D eigenvalue weighted by Gasteiger charge is 2.61. The number of rotatable bonds is 5. The van der Waals surface area contributed by atoms with Gasteiger partial charge in [0.1, 0.15) is 0 Å². The molecule has 4 aliphatic carbocycles. The van der Waals surface area contributed by atoms with Gasteiger partial charge in [-0.3, -0.25) is 0 Å². The molecule has 3 fully saturated rings. The Labute approximate surface area is 185 Å². The minimum atomic E-state index is -0.317. The summed E-state index contributed by atoms with van der Waals surface area (Å²) in [7, 11) is 0. The fourth-order valence-electron chi connectivity index (χ4n) is 8.51. The first-order chi connectivity index (χ1) is 14.1. The molecule has 0 saturated heterocycles. The van der Waals surface area contributed by atoms with E-state index in [2.05, 4.69) is 47.3 Å². The second-order valence-electron chi connectivity index (χ2n) is 12.3. The van der Waals surface area contributed by atoms with Crippen LogP contribution in [0.5, 0.6) is 0 Å². The highest BCUT2D eigenvalue weighted by atomic mass is 16.3. The summed E-state index contributed by atoms with van der Waals surface area (Å²) < 4.78 is 0. The molecule has 2 heteroatoms. The number of allylic oxidation sites excluding steroid dienone is 1. The first kappa shape index (κ1) is 22.6. The summed E-state index contributed by atoms with van der Waals surface area (Å²) in [6.07, 6.45) is 12.1. The van der Waals surface area contributed by atoms with E-state index in [1.54, 1.807) is 0 Å². The van der Waals surface area contributed by atoms with E-state index >= 15 is 0 Å². The van der Waals surface area contributed by atoms with Crippen molar-refractivity contribution in [3.05, 3.63) is 23.8 Å². The van der Waals surface area contributed by atoms with Gasteiger partial charge in [0.2, 0.25) is 0 Å². The summed E-state index contributed by atoms with van der Waals surface area (Å²) in [6, 6.07) is 0. The molecule has 0 aromatic heterocycles. The molecule has 0 aliphatic heterocycles. The second-order valence-corrected chi connectivity index (χ2v) is 12.3. The number of aliphatic hydroxyl groups is 2. The van der Waals surface area contributed by atoms with Crippen LogP contribution < -0.4 is 0 Å². The quantitative estimate of drug-likeness (QED) is 0.502. The summed E-state index contributed by atoms with van der Waals surface area (Å²) in [5.41, 5.74) is 3.33. The van der Waals surface area contributed by atoms with Gasteiger partial charge in [0.05, 0.1) is 12.2 Å². The Hall–Kier alpha value is -0.600. The molecule has 3 saturated carbocycles. The van der Waals surface area contributed by atoms with Crippen LogP contribution in [0.15, 0.2) is 23.8 Å². The first-order valence-electron chi connectivity index (χ1n) is 12.8. The second kappa shape index (κ2) is 8.07. The molecule has 0 heterocycles. The third-order valence-corrected chi connectivity index (χ3v) is 10.6. The molecule has 0 aromatic carbocycles. The Morgan fingerprint density at radius 2 is 1.80 bits per heavy atom. The van der Waals surface area contributed by atoms with Crippen LogP contribution >= 0.6 is 0 Å². The standard InChI is InChI=1S/C28H46O2/c1-17(2)18(3)7-8-19(4)22-9-10-23-26-24(12-14-28(22,23)6)27(5)13-11-21(29)15-20(27)16-25(26)30/h16-17,19,21-26,29-30H,3,7-15H2,1-2,4-6H3/t19-,21?,22-,23+,24+,25?,26+,27+,28-/m1/s1. The van der Waals surface area contributed by atoms with Gasteiger partial charge in [-0.05, 0) is 104 Å². The molecule has 170 valence electrons. The van der Waals surface area contributed by atoms with Gasteiger partial charge in [0.25, 0.3) is 0 Å². The summed E-state index contributed by atoms with van der Waals surface area (Å²) in [5, 5.41) is 21.5. The molecule has 2 nitrogen and oxygen atoms in total. The van der Waals surface area contributed by atoms with Crippen molar-refractivity contribution < 1.29 is 10.2 Å². The van der Waals surface area contributed by atoms with Crippen molar-refractivity contribution in [3.8, 4) is 0 Å². The van der Waals surface area contributed by atoms with Gasteiger partial charge < -0.3 is 10.2 Å². The first-order valence-corrected chi connectivity index (χ1v) is 12.8. The van der Waals surface area contributed by atoms with Gasteiger partial charge in [-0.1, -0.05) is 58.4 Å². The largest absolute Gasteiger partial charge is 0.393 e. The van der Waals surface area contributed by atoms with Crippen molar-refractivity contribution in [2.45, 2.75) is 105 Å². The van der Waals surface area contributed by atoms with Crippen LogP contribution in [0.1, 0.15) is 92.4 Å². The fourth-order valence-corrected chi connectivity index (χ4v) is 8.51. The van der Waals surface area contributed by atoms with Gasteiger partial charge in [-0.25, -0.2) is 0 Å². The number of hydrogen-bond donors (Lipinski definition) is 2. The van der Waals surface area contributed by atoms with Crippen LogP contribution in [-0.4, -0.2) is 22.4 Å². The average Bonchev–Trinajstić information content (AvgIpc) is 3.04. The molecule has 4 rings (SSSR count). The van der Waals surface area contributed by atoms with Gasteiger partial charge in [-0.2, -0.15) is 0 Å². The number of hydrogen-bond acceptors (Lipinski definition) is 2. The fraction of sp³-hybridized carbons (Fsp3) is 0.857. The molecule has 2 unspecified atom stereocenters. The molecular weight excluding hydrogens is 368 g/mol. The zero-order valence-electron chi connectivity index (χ0n) is 20.2. The molecule has 30 heavy (non-hydrogen) atoms. The molecular formula is C28H46O2. The third kappa shape index (κ3) is 3.54. The minimum Gasteiger partial charge on any atom is -0.393 e. The van der Waals surface area contributed by atoms with Crippen molar-refractivity contribution >= 4 is 0 Å². The Morgan fingerprint density at radius 3 is 2.50 bits per heavy atom. The molecule has 0 radical (unpaired) electrons. The summed E-state index contributed by atoms with van der Waals surface area (Å²) in [4.78, 5) is 0. The van der Waals surface area contributed by atoms with Gasteiger partial charge >= 0.3 is 0 Å². The Kier molecular flexibility index (Phi) is 6.08. The molecule has 0 bridgehead atoms. The van der Waals surface area contributed by atoms with Crippen LogP contribution in [0.4, 0.5) is 0 Å². The van der Waals surface area contributed by atoms with Crippen LogP contribution in [-0.2, 0) is 0 Å². The van der Waals surface area contributed by atoms with Crippen LogP contribution in [0.3, 0.4) is 0 Å². The lowest BCUT2D eigenvalue weighted by molar-refractivity contribution is -0.0970. The third-order valence-electron chi connectivity index (χ3n) is 10.6. The Morgan fingerprint density at radius 1 is 1.07 bits per heavy atom. The lowest BCUT2D eigenvalue weighted by atomic mass is 9.46. The zero-order chi connectivity index (χ0) is 21.8. The Bertz CT molecular complexity index is 693.